The zero-order valence-electron chi connectivity index (χ0n) is 5.37. The van der Waals surface area contributed by atoms with E-state index in [9.17, 15) is 0 Å². The van der Waals surface area contributed by atoms with Crippen LogP contribution < -0.4 is 0 Å². The van der Waals surface area contributed by atoms with E-state index in [2.05, 4.69) is 31.6 Å². The molecule has 2 heteroatoms. The maximum absolute atomic E-state index is 3.52. The molecular weight excluding hydrogens is 176 g/mol. The third kappa shape index (κ3) is 4.95. The van der Waals surface area contributed by atoms with E-state index in [0.717, 1.165) is 10.5 Å². The van der Waals surface area contributed by atoms with Crippen LogP contribution in [0, 0.1) is 11.8 Å². The fraction of sp³-hybridized carbons (Fsp3) is 0.667. The monoisotopic (exact) mass is 184 g/mol. The largest absolute Gasteiger partial charge is 0.472 e. The first-order valence-corrected chi connectivity index (χ1v) is 7.48. The summed E-state index contributed by atoms with van der Waals surface area (Å²) in [6, 6.07) is 0. The summed E-state index contributed by atoms with van der Waals surface area (Å²) in [5, 5.41) is 0. The van der Waals surface area contributed by atoms with E-state index < -0.39 is 0 Å². The van der Waals surface area contributed by atoms with Gasteiger partial charge in [-0.25, -0.2) is 0 Å². The molecule has 42 valence electrons. The van der Waals surface area contributed by atoms with Crippen molar-refractivity contribution in [2.75, 3.05) is 0 Å². The van der Waals surface area contributed by atoms with Crippen LogP contribution >= 0.6 is 12.9 Å². The minimum Gasteiger partial charge on any atom is -0.306 e. The van der Waals surface area contributed by atoms with E-state index in [0.29, 0.717) is 0 Å². The van der Waals surface area contributed by atoms with E-state index in [1.54, 1.807) is 0 Å². The van der Waals surface area contributed by atoms with Gasteiger partial charge in [-0.15, -0.1) is 15.9 Å². The average molecular weight is 185 g/mol. The molecule has 0 aromatic rings. The van der Waals surface area contributed by atoms with E-state index in [-0.39, 0.29) is 18.2 Å². The van der Waals surface area contributed by atoms with Crippen molar-refractivity contribution < 1.29 is 0 Å². The van der Waals surface area contributed by atoms with Gasteiger partial charge in [0.05, 0.1) is 0 Å². The van der Waals surface area contributed by atoms with Crippen molar-refractivity contribution in [3.63, 3.8) is 0 Å². The van der Waals surface area contributed by atoms with Crippen molar-refractivity contribution >= 4 is 31.1 Å². The van der Waals surface area contributed by atoms with Crippen molar-refractivity contribution in [2.45, 2.75) is 24.3 Å². The van der Waals surface area contributed by atoms with Crippen molar-refractivity contribution in [1.82, 2.24) is 0 Å². The first kappa shape index (κ1) is 8.81. The zero-order chi connectivity index (χ0) is 6.41. The Morgan fingerprint density at radius 1 is 1.75 bits per heavy atom. The normalized spacial score (nSPS) is 10.9. The molecule has 0 aromatic carbocycles. The highest BCUT2D eigenvalue weighted by atomic mass is 79.9. The molecule has 0 amide bonds. The summed E-state index contributed by atoms with van der Waals surface area (Å²) in [5.41, 5.74) is 0. The summed E-state index contributed by atoms with van der Waals surface area (Å²) in [6.45, 7) is 4.13. The van der Waals surface area contributed by atoms with Gasteiger partial charge in [0, 0.05) is 0 Å². The third-order valence-corrected chi connectivity index (χ3v) is 5.02. The van der Waals surface area contributed by atoms with Crippen LogP contribution in [0.1, 0.15) is 20.3 Å². The van der Waals surface area contributed by atoms with Gasteiger partial charge < -0.3 is 12.9 Å². The van der Waals surface area contributed by atoms with Crippen molar-refractivity contribution in [3.05, 3.63) is 0 Å². The number of rotatable bonds is 2. The van der Waals surface area contributed by atoms with Gasteiger partial charge in [-0.05, 0) is 13.3 Å². The smallest absolute Gasteiger partial charge is 0.306 e. The Hall–Kier alpha value is 0.806. The number of halogens is 1. The fourth-order valence-electron chi connectivity index (χ4n) is 0.331. The molecule has 0 heterocycles. The van der Waals surface area contributed by atoms with Crippen LogP contribution in [0.5, 0.6) is 0 Å². The average Bonchev–Trinajstić information content (AvgIpc) is 1.83. The van der Waals surface area contributed by atoms with E-state index >= 15 is 0 Å². The molecule has 8 heavy (non-hydrogen) atoms. The lowest BCUT2D eigenvalue weighted by Crippen LogP contribution is -1.88. The number of hydrogen-bond acceptors (Lipinski definition) is 0. The lowest BCUT2D eigenvalue weighted by molar-refractivity contribution is 0.972. The van der Waals surface area contributed by atoms with Crippen LogP contribution in [0.25, 0.3) is 0 Å². The summed E-state index contributed by atoms with van der Waals surface area (Å²) >= 11 is 3.54. The van der Waals surface area contributed by atoms with Crippen molar-refractivity contribution in [3.8, 4) is 11.8 Å². The Bertz CT molecular complexity index is 101. The molecule has 0 aliphatic carbocycles. The fourth-order valence-corrected chi connectivity index (χ4v) is 1.27. The molecule has 0 aliphatic heterocycles. The summed E-state index contributed by atoms with van der Waals surface area (Å²) in [6.07, 6.45) is 1.08. The predicted molar refractivity (Wildman–Crippen MR) is 42.2 cm³/mol. The second-order valence-corrected chi connectivity index (χ2v) is 5.54. The Morgan fingerprint density at radius 2 is 2.38 bits per heavy atom. The van der Waals surface area contributed by atoms with Gasteiger partial charge >= 0.3 is 18.2 Å². The first-order valence-electron chi connectivity index (χ1n) is 2.76. The molecule has 0 aliphatic rings. The SMILES string of the molecule is CC#CC[CH](C)[Mg][Br]. The van der Waals surface area contributed by atoms with Gasteiger partial charge in [-0.3, -0.25) is 0 Å². The summed E-state index contributed by atoms with van der Waals surface area (Å²) < 4.78 is 0.836. The van der Waals surface area contributed by atoms with Gasteiger partial charge in [0.15, 0.2) is 0 Å². The molecule has 0 fully saturated rings. The molecule has 0 bridgehead atoms. The van der Waals surface area contributed by atoms with E-state index in [1.165, 1.54) is 0 Å². The van der Waals surface area contributed by atoms with Gasteiger partial charge in [-0.1, -0.05) is 6.92 Å². The van der Waals surface area contributed by atoms with Crippen LogP contribution in [-0.4, -0.2) is 18.2 Å². The van der Waals surface area contributed by atoms with Gasteiger partial charge in [-0.2, -0.15) is 0 Å². The topological polar surface area (TPSA) is 0 Å². The maximum Gasteiger partial charge on any atom is 0.472 e. The standard InChI is InChI=1S/C6H9.BrH.Mg/c1-3-5-6-4-2;;/h3H,5H2,1-2H3;1H;/q;;+1/p-1. The van der Waals surface area contributed by atoms with E-state index in [4.69, 9.17) is 0 Å². The minimum absolute atomic E-state index is 0.0281. The summed E-state index contributed by atoms with van der Waals surface area (Å²) in [7, 11) is 0. The van der Waals surface area contributed by atoms with Crippen molar-refractivity contribution in [1.29, 1.82) is 0 Å². The predicted octanol–water partition coefficient (Wildman–Crippen LogP) is 2.22. The van der Waals surface area contributed by atoms with Gasteiger partial charge in [0.2, 0.25) is 0 Å². The Balaban J connectivity index is 3.19. The molecule has 0 spiro atoms. The van der Waals surface area contributed by atoms with Crippen LogP contribution in [-0.2, 0) is 0 Å². The molecule has 0 nitrogen and oxygen atoms in total. The van der Waals surface area contributed by atoms with Crippen LogP contribution in [0.4, 0.5) is 0 Å². The molecule has 0 N–H and O–H groups in total. The summed E-state index contributed by atoms with van der Waals surface area (Å²) in [5.74, 6) is 5.94. The molecule has 0 rings (SSSR count). The molecule has 1 atom stereocenters. The molecule has 0 saturated carbocycles. The molecule has 0 radical (unpaired) electrons. The molecule has 0 saturated heterocycles. The summed E-state index contributed by atoms with van der Waals surface area (Å²) in [4.78, 5) is 0. The first-order chi connectivity index (χ1) is 3.81. The third-order valence-electron chi connectivity index (χ3n) is 0.891. The van der Waals surface area contributed by atoms with Crippen molar-refractivity contribution in [2.24, 2.45) is 0 Å². The van der Waals surface area contributed by atoms with E-state index in [1.807, 2.05) is 6.92 Å². The van der Waals surface area contributed by atoms with Gasteiger partial charge in [0.1, 0.15) is 0 Å². The van der Waals surface area contributed by atoms with Crippen LogP contribution in [0.3, 0.4) is 0 Å². The van der Waals surface area contributed by atoms with Crippen LogP contribution in [0.15, 0.2) is 0 Å². The van der Waals surface area contributed by atoms with Gasteiger partial charge in [0.25, 0.3) is 0 Å². The second-order valence-electron chi connectivity index (χ2n) is 1.89. The van der Waals surface area contributed by atoms with Crippen LogP contribution in [0.2, 0.25) is 4.05 Å². The second kappa shape index (κ2) is 5.93. The molecular formula is C6H9BrMg. The highest BCUT2D eigenvalue weighted by Crippen LogP contribution is 2.07. The lowest BCUT2D eigenvalue weighted by Gasteiger charge is -1.95. The Kier molecular flexibility index (Phi) is 6.53. The molecule has 0 aromatic heterocycles. The highest BCUT2D eigenvalue weighted by molar-refractivity contribution is 9.23. The minimum atomic E-state index is 0.0281. The number of hydrogen-bond donors (Lipinski definition) is 0. The maximum atomic E-state index is 3.52. The lowest BCUT2D eigenvalue weighted by atomic mass is 10.3. The Morgan fingerprint density at radius 3 is 2.75 bits per heavy atom. The Labute approximate surface area is 67.0 Å². The zero-order valence-corrected chi connectivity index (χ0v) is 8.37. The highest BCUT2D eigenvalue weighted by Gasteiger charge is 1.99. The molecule has 1 unspecified atom stereocenters. The quantitative estimate of drug-likeness (QED) is 0.457.